The first-order chi connectivity index (χ1) is 13.0. The van der Waals surface area contributed by atoms with Gasteiger partial charge < -0.3 is 14.0 Å². The molecular formula is C23H27NO3. The van der Waals surface area contributed by atoms with Crippen molar-refractivity contribution < 1.29 is 14.3 Å². The molecular weight excluding hydrogens is 338 g/mol. The molecule has 0 radical (unpaired) electrons. The Morgan fingerprint density at radius 3 is 2.52 bits per heavy atom. The van der Waals surface area contributed by atoms with Gasteiger partial charge in [-0.05, 0) is 57.9 Å². The summed E-state index contributed by atoms with van der Waals surface area (Å²) in [5.74, 6) is 0.489. The topological polar surface area (TPSA) is 40.5 Å². The number of ether oxygens (including phenoxy) is 2. The van der Waals surface area contributed by atoms with E-state index >= 15 is 0 Å². The van der Waals surface area contributed by atoms with Gasteiger partial charge in [0.15, 0.2) is 0 Å². The molecule has 0 aliphatic heterocycles. The highest BCUT2D eigenvalue weighted by Crippen LogP contribution is 2.31. The largest absolute Gasteiger partial charge is 0.491 e. The maximum atomic E-state index is 12.6. The van der Waals surface area contributed by atoms with E-state index in [1.807, 2.05) is 52.0 Å². The number of hydrogen-bond donors (Lipinski definition) is 0. The highest BCUT2D eigenvalue weighted by atomic mass is 16.5. The minimum absolute atomic E-state index is 0.0785. The third kappa shape index (κ3) is 4.16. The van der Waals surface area contributed by atoms with Crippen LogP contribution in [0.15, 0.2) is 48.5 Å². The van der Waals surface area contributed by atoms with Gasteiger partial charge in [-0.1, -0.05) is 30.3 Å². The van der Waals surface area contributed by atoms with Gasteiger partial charge in [0, 0.05) is 23.1 Å². The van der Waals surface area contributed by atoms with Crippen molar-refractivity contribution in [1.82, 2.24) is 4.57 Å². The zero-order chi connectivity index (χ0) is 19.4. The average Bonchev–Trinajstić information content (AvgIpc) is 2.91. The Bertz CT molecular complexity index is 926. The van der Waals surface area contributed by atoms with Crippen molar-refractivity contribution in [2.75, 3.05) is 6.61 Å². The van der Waals surface area contributed by atoms with Gasteiger partial charge >= 0.3 is 5.97 Å². The van der Waals surface area contributed by atoms with Crippen LogP contribution >= 0.6 is 0 Å². The van der Waals surface area contributed by atoms with Crippen molar-refractivity contribution in [2.45, 2.75) is 46.8 Å². The van der Waals surface area contributed by atoms with E-state index in [1.165, 1.54) is 5.56 Å². The second-order valence-electron chi connectivity index (χ2n) is 6.91. The number of rotatable bonds is 7. The molecule has 0 spiro atoms. The zero-order valence-electron chi connectivity index (χ0n) is 16.5. The van der Waals surface area contributed by atoms with Crippen molar-refractivity contribution in [3.05, 3.63) is 65.4 Å². The predicted octanol–water partition coefficient (Wildman–Crippen LogP) is 5.16. The van der Waals surface area contributed by atoms with Gasteiger partial charge in [0.1, 0.15) is 5.75 Å². The van der Waals surface area contributed by atoms with Gasteiger partial charge in [-0.2, -0.15) is 0 Å². The van der Waals surface area contributed by atoms with E-state index in [9.17, 15) is 4.79 Å². The Morgan fingerprint density at radius 2 is 1.85 bits per heavy atom. The minimum atomic E-state index is -0.278. The molecule has 0 saturated heterocycles. The maximum absolute atomic E-state index is 12.6. The Morgan fingerprint density at radius 1 is 1.11 bits per heavy atom. The summed E-state index contributed by atoms with van der Waals surface area (Å²) in [4.78, 5) is 12.6. The van der Waals surface area contributed by atoms with Gasteiger partial charge in [-0.25, -0.2) is 4.79 Å². The summed E-state index contributed by atoms with van der Waals surface area (Å²) in [6, 6.07) is 16.3. The number of aryl methyl sites for hydroxylation is 2. The van der Waals surface area contributed by atoms with Crippen LogP contribution in [0.3, 0.4) is 0 Å². The first-order valence-corrected chi connectivity index (χ1v) is 9.51. The molecule has 3 rings (SSSR count). The van der Waals surface area contributed by atoms with Crippen LogP contribution in [0, 0.1) is 6.92 Å². The third-order valence-electron chi connectivity index (χ3n) is 4.61. The molecule has 0 aliphatic rings. The lowest BCUT2D eigenvalue weighted by molar-refractivity contribution is 0.0527. The van der Waals surface area contributed by atoms with E-state index in [0.717, 1.165) is 35.3 Å². The summed E-state index contributed by atoms with van der Waals surface area (Å²) >= 11 is 0. The monoisotopic (exact) mass is 365 g/mol. The number of carbonyl (C=O) groups excluding carboxylic acids is 1. The van der Waals surface area contributed by atoms with Crippen molar-refractivity contribution in [3.63, 3.8) is 0 Å². The average molecular weight is 365 g/mol. The molecule has 0 unspecified atom stereocenters. The van der Waals surface area contributed by atoms with Crippen LogP contribution in [0.5, 0.6) is 5.75 Å². The Kier molecular flexibility index (Phi) is 5.84. The molecule has 2 aromatic carbocycles. The van der Waals surface area contributed by atoms with Gasteiger partial charge in [-0.3, -0.25) is 0 Å². The number of nitrogens with zero attached hydrogens (tertiary/aromatic N) is 1. The van der Waals surface area contributed by atoms with E-state index in [4.69, 9.17) is 9.47 Å². The van der Waals surface area contributed by atoms with Crippen molar-refractivity contribution >= 4 is 16.9 Å². The number of hydrogen-bond acceptors (Lipinski definition) is 3. The fourth-order valence-electron chi connectivity index (χ4n) is 3.44. The number of esters is 1. The molecule has 0 saturated carbocycles. The lowest BCUT2D eigenvalue weighted by Gasteiger charge is -2.11. The molecule has 4 heteroatoms. The predicted molar refractivity (Wildman–Crippen MR) is 109 cm³/mol. The fourth-order valence-corrected chi connectivity index (χ4v) is 3.44. The summed E-state index contributed by atoms with van der Waals surface area (Å²) in [7, 11) is 0. The molecule has 3 aromatic rings. The lowest BCUT2D eigenvalue weighted by atomic mass is 10.1. The fraction of sp³-hybridized carbons (Fsp3) is 0.348. The first kappa shape index (κ1) is 19.0. The van der Waals surface area contributed by atoms with Crippen molar-refractivity contribution in [1.29, 1.82) is 0 Å². The molecule has 0 N–H and O–H groups in total. The first-order valence-electron chi connectivity index (χ1n) is 9.51. The van der Waals surface area contributed by atoms with E-state index in [2.05, 4.69) is 28.8 Å². The molecule has 1 heterocycles. The van der Waals surface area contributed by atoms with Crippen LogP contribution in [0.2, 0.25) is 0 Å². The molecule has 142 valence electrons. The Balaban J connectivity index is 2.04. The summed E-state index contributed by atoms with van der Waals surface area (Å²) < 4.78 is 13.4. The molecule has 0 aliphatic carbocycles. The minimum Gasteiger partial charge on any atom is -0.491 e. The molecule has 0 bridgehead atoms. The molecule has 4 nitrogen and oxygen atoms in total. The van der Waals surface area contributed by atoms with Gasteiger partial charge in [-0.15, -0.1) is 0 Å². The van der Waals surface area contributed by atoms with Crippen LogP contribution < -0.4 is 4.74 Å². The molecule has 0 amide bonds. The summed E-state index contributed by atoms with van der Waals surface area (Å²) in [5, 5.41) is 0.886. The second kappa shape index (κ2) is 8.30. The highest BCUT2D eigenvalue weighted by Gasteiger charge is 2.21. The third-order valence-corrected chi connectivity index (χ3v) is 4.61. The van der Waals surface area contributed by atoms with Gasteiger partial charge in [0.25, 0.3) is 0 Å². The molecule has 0 fully saturated rings. The maximum Gasteiger partial charge on any atom is 0.340 e. The number of fused-ring (bicyclic) bond motifs is 1. The Hall–Kier alpha value is -2.75. The van der Waals surface area contributed by atoms with Gasteiger partial charge in [0.2, 0.25) is 0 Å². The molecule has 0 atom stereocenters. The smallest absolute Gasteiger partial charge is 0.340 e. The van der Waals surface area contributed by atoms with E-state index in [-0.39, 0.29) is 12.1 Å². The summed E-state index contributed by atoms with van der Waals surface area (Å²) in [6.45, 7) is 8.96. The Labute approximate surface area is 160 Å². The van der Waals surface area contributed by atoms with Crippen LogP contribution in [-0.2, 0) is 17.7 Å². The van der Waals surface area contributed by atoms with E-state index in [1.54, 1.807) is 0 Å². The van der Waals surface area contributed by atoms with Crippen molar-refractivity contribution in [2.24, 2.45) is 0 Å². The second-order valence-corrected chi connectivity index (χ2v) is 6.91. The number of aromatic nitrogens is 1. The molecule has 27 heavy (non-hydrogen) atoms. The van der Waals surface area contributed by atoms with Crippen LogP contribution in [-0.4, -0.2) is 23.2 Å². The zero-order valence-corrected chi connectivity index (χ0v) is 16.5. The van der Waals surface area contributed by atoms with Crippen LogP contribution in [0.1, 0.15) is 42.4 Å². The standard InChI is InChI=1S/C23H27NO3/c1-5-26-23(25)22-17(4)24(14-13-18-9-7-6-8-10-18)21-12-11-19(15-20(21)22)27-16(2)3/h6-12,15-16H,5,13-14H2,1-4H3. The number of benzene rings is 2. The van der Waals surface area contributed by atoms with E-state index in [0.29, 0.717) is 12.2 Å². The lowest BCUT2D eigenvalue weighted by Crippen LogP contribution is -2.08. The summed E-state index contributed by atoms with van der Waals surface area (Å²) in [5.41, 5.74) is 3.87. The normalized spacial score (nSPS) is 11.1. The summed E-state index contributed by atoms with van der Waals surface area (Å²) in [6.07, 6.45) is 0.979. The molecule has 1 aromatic heterocycles. The SMILES string of the molecule is CCOC(=O)c1c(C)n(CCc2ccccc2)c2ccc(OC(C)C)cc12. The van der Waals surface area contributed by atoms with Crippen LogP contribution in [0.4, 0.5) is 0 Å². The number of carbonyl (C=O) groups is 1. The van der Waals surface area contributed by atoms with E-state index < -0.39 is 0 Å². The highest BCUT2D eigenvalue weighted by molar-refractivity contribution is 6.06. The quantitative estimate of drug-likeness (QED) is 0.543. The van der Waals surface area contributed by atoms with Crippen molar-refractivity contribution in [3.8, 4) is 5.75 Å². The van der Waals surface area contributed by atoms with Gasteiger partial charge in [0.05, 0.1) is 18.3 Å². The van der Waals surface area contributed by atoms with Crippen LogP contribution in [0.25, 0.3) is 10.9 Å².